The summed E-state index contributed by atoms with van der Waals surface area (Å²) in [6.07, 6.45) is 2.82. The molecule has 1 aromatic rings. The number of hydrogen-bond acceptors (Lipinski definition) is 1. The van der Waals surface area contributed by atoms with E-state index in [2.05, 4.69) is 35.6 Å². The van der Waals surface area contributed by atoms with Gasteiger partial charge in [0, 0.05) is 18.5 Å². The van der Waals surface area contributed by atoms with Crippen LogP contribution < -0.4 is 5.32 Å². The molecular formula is C12H15N. The summed E-state index contributed by atoms with van der Waals surface area (Å²) in [5, 5.41) is 3.40. The van der Waals surface area contributed by atoms with E-state index in [1.165, 1.54) is 25.9 Å². The van der Waals surface area contributed by atoms with E-state index < -0.39 is 0 Å². The molecule has 0 bridgehead atoms. The molecule has 1 saturated heterocycles. The van der Waals surface area contributed by atoms with E-state index in [1.807, 2.05) is 0 Å². The lowest BCUT2D eigenvalue weighted by atomic mass is 9.54. The quantitative estimate of drug-likeness (QED) is 0.686. The lowest BCUT2D eigenvalue weighted by Crippen LogP contribution is -2.61. The van der Waals surface area contributed by atoms with Gasteiger partial charge in [-0.05, 0) is 24.3 Å². The van der Waals surface area contributed by atoms with Gasteiger partial charge in [0.05, 0.1) is 0 Å². The zero-order valence-corrected chi connectivity index (χ0v) is 7.79. The van der Waals surface area contributed by atoms with Crippen molar-refractivity contribution in [2.24, 2.45) is 5.41 Å². The minimum Gasteiger partial charge on any atom is -0.315 e. The fourth-order valence-corrected chi connectivity index (χ4v) is 2.77. The number of rotatable bonds is 1. The van der Waals surface area contributed by atoms with Gasteiger partial charge in [0.2, 0.25) is 0 Å². The van der Waals surface area contributed by atoms with Gasteiger partial charge in [-0.3, -0.25) is 0 Å². The molecule has 1 aliphatic heterocycles. The zero-order valence-electron chi connectivity index (χ0n) is 7.79. The summed E-state index contributed by atoms with van der Waals surface area (Å²) >= 11 is 0. The van der Waals surface area contributed by atoms with Gasteiger partial charge < -0.3 is 5.32 Å². The third-order valence-corrected chi connectivity index (χ3v) is 3.83. The second-order valence-corrected chi connectivity index (χ2v) is 4.47. The Morgan fingerprint density at radius 3 is 2.38 bits per heavy atom. The molecule has 1 N–H and O–H groups in total. The molecule has 13 heavy (non-hydrogen) atoms. The molecule has 1 aliphatic carbocycles. The van der Waals surface area contributed by atoms with Crippen molar-refractivity contribution >= 4 is 0 Å². The molecule has 1 aromatic carbocycles. The van der Waals surface area contributed by atoms with Crippen molar-refractivity contribution in [2.75, 3.05) is 13.1 Å². The molecule has 0 amide bonds. The van der Waals surface area contributed by atoms with E-state index in [9.17, 15) is 0 Å². The highest BCUT2D eigenvalue weighted by Crippen LogP contribution is 2.54. The van der Waals surface area contributed by atoms with Gasteiger partial charge in [-0.1, -0.05) is 30.3 Å². The van der Waals surface area contributed by atoms with E-state index >= 15 is 0 Å². The maximum atomic E-state index is 3.40. The van der Waals surface area contributed by atoms with E-state index in [0.717, 1.165) is 5.92 Å². The Kier molecular flexibility index (Phi) is 1.50. The van der Waals surface area contributed by atoms with Crippen molar-refractivity contribution in [3.8, 4) is 0 Å². The predicted molar refractivity (Wildman–Crippen MR) is 53.7 cm³/mol. The Labute approximate surface area is 79.2 Å². The second-order valence-electron chi connectivity index (χ2n) is 4.47. The highest BCUT2D eigenvalue weighted by molar-refractivity contribution is 5.27. The summed E-state index contributed by atoms with van der Waals surface area (Å²) in [7, 11) is 0. The van der Waals surface area contributed by atoms with Crippen LogP contribution in [-0.4, -0.2) is 13.1 Å². The van der Waals surface area contributed by atoms with Crippen LogP contribution in [0.5, 0.6) is 0 Å². The predicted octanol–water partition coefficient (Wildman–Crippen LogP) is 2.15. The smallest absolute Gasteiger partial charge is 0.00261 e. The van der Waals surface area contributed by atoms with Crippen LogP contribution in [0.4, 0.5) is 0 Å². The lowest BCUT2D eigenvalue weighted by molar-refractivity contribution is 0.0253. The minimum absolute atomic E-state index is 0.654. The molecule has 2 aliphatic rings. The molecular weight excluding hydrogens is 158 g/mol. The molecule has 1 nitrogen and oxygen atoms in total. The van der Waals surface area contributed by atoms with Gasteiger partial charge in [0.25, 0.3) is 0 Å². The zero-order chi connectivity index (χ0) is 8.73. The maximum Gasteiger partial charge on any atom is 0.00261 e. The van der Waals surface area contributed by atoms with Gasteiger partial charge in [-0.2, -0.15) is 0 Å². The summed E-state index contributed by atoms with van der Waals surface area (Å²) < 4.78 is 0. The summed E-state index contributed by atoms with van der Waals surface area (Å²) in [4.78, 5) is 0. The maximum absolute atomic E-state index is 3.40. The molecule has 0 aromatic heterocycles. The molecule has 1 heterocycles. The molecule has 1 saturated carbocycles. The molecule has 3 rings (SSSR count). The van der Waals surface area contributed by atoms with Crippen LogP contribution in [0.1, 0.15) is 24.3 Å². The first-order chi connectivity index (χ1) is 6.41. The Morgan fingerprint density at radius 2 is 1.92 bits per heavy atom. The van der Waals surface area contributed by atoms with Crippen LogP contribution in [0.15, 0.2) is 30.3 Å². The molecule has 1 spiro atoms. The van der Waals surface area contributed by atoms with Crippen LogP contribution in [0.25, 0.3) is 0 Å². The molecule has 1 heteroatoms. The first-order valence-electron chi connectivity index (χ1n) is 5.16. The Balaban J connectivity index is 1.87. The second kappa shape index (κ2) is 2.58. The minimum atomic E-state index is 0.654. The van der Waals surface area contributed by atoms with E-state index in [0.29, 0.717) is 5.41 Å². The fourth-order valence-electron chi connectivity index (χ4n) is 2.77. The Morgan fingerprint density at radius 1 is 1.15 bits per heavy atom. The average molecular weight is 173 g/mol. The first kappa shape index (κ1) is 7.57. The summed E-state index contributed by atoms with van der Waals surface area (Å²) in [6, 6.07) is 11.0. The monoisotopic (exact) mass is 173 g/mol. The van der Waals surface area contributed by atoms with Crippen LogP contribution in [0, 0.1) is 5.41 Å². The molecule has 0 radical (unpaired) electrons. The van der Waals surface area contributed by atoms with Crippen molar-refractivity contribution in [3.63, 3.8) is 0 Å². The summed E-state index contributed by atoms with van der Waals surface area (Å²) in [5.41, 5.74) is 2.21. The van der Waals surface area contributed by atoms with Crippen LogP contribution in [0.2, 0.25) is 0 Å². The van der Waals surface area contributed by atoms with Crippen LogP contribution >= 0.6 is 0 Å². The van der Waals surface area contributed by atoms with E-state index in [4.69, 9.17) is 0 Å². The Bertz CT molecular complexity index is 295. The number of hydrogen-bond donors (Lipinski definition) is 1. The topological polar surface area (TPSA) is 12.0 Å². The first-order valence-corrected chi connectivity index (χ1v) is 5.16. The van der Waals surface area contributed by atoms with Crippen molar-refractivity contribution in [2.45, 2.75) is 18.8 Å². The number of nitrogens with one attached hydrogen (secondary N) is 1. The molecule has 2 fully saturated rings. The van der Waals surface area contributed by atoms with Crippen molar-refractivity contribution in [3.05, 3.63) is 35.9 Å². The Hall–Kier alpha value is -0.820. The standard InChI is InChI=1S/C12H15N/c1-2-4-10(5-3-1)11-6-7-12(11)8-13-9-12/h1-5,11,13H,6-9H2. The van der Waals surface area contributed by atoms with Crippen LogP contribution in [0.3, 0.4) is 0 Å². The highest BCUT2D eigenvalue weighted by Gasteiger charge is 2.51. The average Bonchev–Trinajstić information content (AvgIpc) is 2.01. The van der Waals surface area contributed by atoms with Crippen molar-refractivity contribution in [1.82, 2.24) is 5.32 Å². The van der Waals surface area contributed by atoms with Crippen LogP contribution in [-0.2, 0) is 0 Å². The van der Waals surface area contributed by atoms with Gasteiger partial charge in [-0.25, -0.2) is 0 Å². The van der Waals surface area contributed by atoms with Crippen molar-refractivity contribution < 1.29 is 0 Å². The van der Waals surface area contributed by atoms with Gasteiger partial charge in [0.15, 0.2) is 0 Å². The highest BCUT2D eigenvalue weighted by atomic mass is 15.0. The third-order valence-electron chi connectivity index (χ3n) is 3.83. The largest absolute Gasteiger partial charge is 0.315 e. The van der Waals surface area contributed by atoms with Gasteiger partial charge in [0.1, 0.15) is 0 Å². The number of benzene rings is 1. The molecule has 1 unspecified atom stereocenters. The molecule has 1 atom stereocenters. The lowest BCUT2D eigenvalue weighted by Gasteiger charge is -2.56. The van der Waals surface area contributed by atoms with E-state index in [1.54, 1.807) is 5.56 Å². The fraction of sp³-hybridized carbons (Fsp3) is 0.500. The summed E-state index contributed by atoms with van der Waals surface area (Å²) in [6.45, 7) is 2.49. The summed E-state index contributed by atoms with van der Waals surface area (Å²) in [5.74, 6) is 0.843. The SMILES string of the molecule is c1ccc(C2CCC23CNC3)cc1. The van der Waals surface area contributed by atoms with E-state index in [-0.39, 0.29) is 0 Å². The van der Waals surface area contributed by atoms with Gasteiger partial charge in [-0.15, -0.1) is 0 Å². The van der Waals surface area contributed by atoms with Gasteiger partial charge >= 0.3 is 0 Å². The van der Waals surface area contributed by atoms with Crippen molar-refractivity contribution in [1.29, 1.82) is 0 Å². The third kappa shape index (κ3) is 0.969. The molecule has 68 valence electrons. The normalized spacial score (nSPS) is 29.4.